The predicted octanol–water partition coefficient (Wildman–Crippen LogP) is 3.51. The first-order valence-electron chi connectivity index (χ1n) is 10.3. The van der Waals surface area contributed by atoms with Gasteiger partial charge in [-0.2, -0.15) is 0 Å². The van der Waals surface area contributed by atoms with E-state index in [2.05, 4.69) is 32.2 Å². The van der Waals surface area contributed by atoms with Crippen LogP contribution in [0.1, 0.15) is 25.7 Å². The molecule has 0 spiro atoms. The molecule has 2 aromatic rings. The first kappa shape index (κ1) is 19.0. The number of piperidine rings is 2. The summed E-state index contributed by atoms with van der Waals surface area (Å²) >= 11 is 0. The summed E-state index contributed by atoms with van der Waals surface area (Å²) in [6.45, 7) is 3.83. The monoisotopic (exact) mass is 384 g/mol. The molecule has 2 aliphatic rings. The fourth-order valence-corrected chi connectivity index (χ4v) is 4.38. The maximum atomic E-state index is 13.7. The number of nitrogens with one attached hydrogen (secondary N) is 1. The Morgan fingerprint density at radius 3 is 2.64 bits per heavy atom. The van der Waals surface area contributed by atoms with Crippen molar-refractivity contribution < 1.29 is 9.50 Å². The van der Waals surface area contributed by atoms with Crippen LogP contribution in [0.15, 0.2) is 42.6 Å². The lowest BCUT2D eigenvalue weighted by atomic mass is 9.94. The highest BCUT2D eigenvalue weighted by atomic mass is 19.1. The standard InChI is InChI=1S/C22H29FN4O/c23-18-5-4-6-20(12-18)27-14-17(16-28)11-19(15-27)25-22-13-21(7-8-24-22)26-9-2-1-3-10-26/h4-8,12-13,17,19,28H,1-3,9-11,14-16H2,(H,24,25)/t17-,19+/m0/s1. The third kappa shape index (κ3) is 4.55. The van der Waals surface area contributed by atoms with Crippen molar-refractivity contribution in [2.45, 2.75) is 31.7 Å². The minimum atomic E-state index is -0.232. The van der Waals surface area contributed by atoms with Gasteiger partial charge in [-0.1, -0.05) is 6.07 Å². The van der Waals surface area contributed by atoms with Gasteiger partial charge in [0.05, 0.1) is 0 Å². The largest absolute Gasteiger partial charge is 0.396 e. The Bertz CT molecular complexity index is 781. The van der Waals surface area contributed by atoms with E-state index in [4.69, 9.17) is 0 Å². The molecule has 1 aromatic carbocycles. The molecule has 5 nitrogen and oxygen atoms in total. The van der Waals surface area contributed by atoms with Crippen molar-refractivity contribution >= 4 is 17.2 Å². The Hall–Kier alpha value is -2.34. The maximum Gasteiger partial charge on any atom is 0.128 e. The number of aliphatic hydroxyl groups excluding tert-OH is 1. The third-order valence-corrected chi connectivity index (χ3v) is 5.79. The minimum Gasteiger partial charge on any atom is -0.396 e. The number of benzene rings is 1. The van der Waals surface area contributed by atoms with Gasteiger partial charge in [-0.25, -0.2) is 9.37 Å². The SMILES string of the molecule is OC[C@H]1C[C@@H](Nc2cc(N3CCCCC3)ccn2)CN(c2cccc(F)c2)C1. The lowest BCUT2D eigenvalue weighted by Crippen LogP contribution is -2.47. The molecule has 150 valence electrons. The van der Waals surface area contributed by atoms with E-state index >= 15 is 0 Å². The van der Waals surface area contributed by atoms with Gasteiger partial charge in [0.25, 0.3) is 0 Å². The van der Waals surface area contributed by atoms with E-state index < -0.39 is 0 Å². The van der Waals surface area contributed by atoms with E-state index in [1.807, 2.05) is 12.3 Å². The molecule has 6 heteroatoms. The summed E-state index contributed by atoms with van der Waals surface area (Å²) in [6, 6.07) is 11.0. The van der Waals surface area contributed by atoms with Crippen LogP contribution in [0.3, 0.4) is 0 Å². The average molecular weight is 384 g/mol. The number of hydrogen-bond donors (Lipinski definition) is 2. The third-order valence-electron chi connectivity index (χ3n) is 5.79. The Labute approximate surface area is 166 Å². The highest BCUT2D eigenvalue weighted by molar-refractivity contribution is 5.55. The van der Waals surface area contributed by atoms with E-state index in [1.165, 1.54) is 31.0 Å². The normalized spacial score (nSPS) is 22.9. The molecule has 0 saturated carbocycles. The predicted molar refractivity (Wildman–Crippen MR) is 112 cm³/mol. The zero-order valence-electron chi connectivity index (χ0n) is 16.2. The van der Waals surface area contributed by atoms with Crippen LogP contribution in [0.25, 0.3) is 0 Å². The number of hydrogen-bond acceptors (Lipinski definition) is 5. The minimum absolute atomic E-state index is 0.130. The van der Waals surface area contributed by atoms with Crippen molar-refractivity contribution in [3.63, 3.8) is 0 Å². The topological polar surface area (TPSA) is 51.6 Å². The van der Waals surface area contributed by atoms with Crippen molar-refractivity contribution in [1.29, 1.82) is 0 Å². The van der Waals surface area contributed by atoms with Gasteiger partial charge >= 0.3 is 0 Å². The molecule has 0 radical (unpaired) electrons. The summed E-state index contributed by atoms with van der Waals surface area (Å²) in [6.07, 6.45) is 6.54. The summed E-state index contributed by atoms with van der Waals surface area (Å²) in [5, 5.41) is 13.3. The molecular formula is C22H29FN4O. The first-order valence-corrected chi connectivity index (χ1v) is 10.3. The molecule has 28 heavy (non-hydrogen) atoms. The van der Waals surface area contributed by atoms with E-state index in [0.717, 1.165) is 44.1 Å². The zero-order valence-corrected chi connectivity index (χ0v) is 16.2. The zero-order chi connectivity index (χ0) is 19.3. The second kappa shape index (κ2) is 8.78. The number of pyridine rings is 1. The van der Waals surface area contributed by atoms with Crippen LogP contribution < -0.4 is 15.1 Å². The van der Waals surface area contributed by atoms with Crippen LogP contribution in [-0.4, -0.2) is 48.9 Å². The van der Waals surface area contributed by atoms with E-state index in [0.29, 0.717) is 0 Å². The van der Waals surface area contributed by atoms with E-state index in [-0.39, 0.29) is 24.4 Å². The molecule has 4 rings (SSSR count). The van der Waals surface area contributed by atoms with Gasteiger partial charge in [0.15, 0.2) is 0 Å². The van der Waals surface area contributed by atoms with Crippen LogP contribution >= 0.6 is 0 Å². The summed E-state index contributed by atoms with van der Waals surface area (Å²) in [4.78, 5) is 9.09. The fraction of sp³-hybridized carbons (Fsp3) is 0.500. The van der Waals surface area contributed by atoms with Crippen LogP contribution in [0.4, 0.5) is 21.6 Å². The van der Waals surface area contributed by atoms with Gasteiger partial charge in [0.2, 0.25) is 0 Å². The second-order valence-electron chi connectivity index (χ2n) is 7.96. The lowest BCUT2D eigenvalue weighted by Gasteiger charge is -2.39. The summed E-state index contributed by atoms with van der Waals surface area (Å²) in [5.74, 6) is 0.787. The Balaban J connectivity index is 1.47. The van der Waals surface area contributed by atoms with E-state index in [9.17, 15) is 9.50 Å². The van der Waals surface area contributed by atoms with Gasteiger partial charge in [0, 0.05) is 68.4 Å². The Kier molecular flexibility index (Phi) is 5.95. The van der Waals surface area contributed by atoms with Crippen LogP contribution in [0.2, 0.25) is 0 Å². The van der Waals surface area contributed by atoms with E-state index in [1.54, 1.807) is 12.1 Å². The van der Waals surface area contributed by atoms with Crippen molar-refractivity contribution in [3.05, 3.63) is 48.4 Å². The number of aromatic nitrogens is 1. The molecule has 0 bridgehead atoms. The van der Waals surface area contributed by atoms with Gasteiger partial charge < -0.3 is 20.2 Å². The highest BCUT2D eigenvalue weighted by Crippen LogP contribution is 2.27. The smallest absolute Gasteiger partial charge is 0.128 e. The van der Waals surface area contributed by atoms with Crippen molar-refractivity contribution in [2.24, 2.45) is 5.92 Å². The Morgan fingerprint density at radius 1 is 1.04 bits per heavy atom. The summed E-state index contributed by atoms with van der Waals surface area (Å²) < 4.78 is 13.7. The highest BCUT2D eigenvalue weighted by Gasteiger charge is 2.27. The molecule has 2 aliphatic heterocycles. The number of nitrogens with zero attached hydrogens (tertiary/aromatic N) is 3. The molecule has 0 aliphatic carbocycles. The van der Waals surface area contributed by atoms with Gasteiger partial charge in [0.1, 0.15) is 11.6 Å². The molecule has 0 amide bonds. The van der Waals surface area contributed by atoms with Crippen molar-refractivity contribution in [3.8, 4) is 0 Å². The maximum absolute atomic E-state index is 13.7. The molecule has 2 N–H and O–H groups in total. The molecule has 2 atom stereocenters. The molecule has 2 saturated heterocycles. The molecule has 3 heterocycles. The number of rotatable bonds is 5. The number of halogens is 1. The van der Waals surface area contributed by atoms with Crippen molar-refractivity contribution in [1.82, 2.24) is 4.98 Å². The molecule has 1 aromatic heterocycles. The summed E-state index contributed by atoms with van der Waals surface area (Å²) in [5.41, 5.74) is 2.08. The van der Waals surface area contributed by atoms with Crippen molar-refractivity contribution in [2.75, 3.05) is 47.9 Å². The molecule has 0 unspecified atom stereocenters. The average Bonchev–Trinajstić information content (AvgIpc) is 2.74. The lowest BCUT2D eigenvalue weighted by molar-refractivity contribution is 0.204. The van der Waals surface area contributed by atoms with Gasteiger partial charge in [-0.15, -0.1) is 0 Å². The van der Waals surface area contributed by atoms with Crippen LogP contribution in [0, 0.1) is 11.7 Å². The van der Waals surface area contributed by atoms with Gasteiger partial charge in [-0.3, -0.25) is 0 Å². The Morgan fingerprint density at radius 2 is 1.86 bits per heavy atom. The fourth-order valence-electron chi connectivity index (χ4n) is 4.38. The van der Waals surface area contributed by atoms with Crippen LogP contribution in [0.5, 0.6) is 0 Å². The summed E-state index contributed by atoms with van der Waals surface area (Å²) in [7, 11) is 0. The quantitative estimate of drug-likeness (QED) is 0.826. The molecule has 2 fully saturated rings. The van der Waals surface area contributed by atoms with Gasteiger partial charge in [-0.05, 0) is 49.9 Å². The second-order valence-corrected chi connectivity index (χ2v) is 7.96. The number of aliphatic hydroxyl groups is 1. The van der Waals surface area contributed by atoms with Crippen LogP contribution in [-0.2, 0) is 0 Å². The number of anilines is 3. The first-order chi connectivity index (χ1) is 13.7. The molecular weight excluding hydrogens is 355 g/mol.